The first-order valence-corrected chi connectivity index (χ1v) is 7.87. The summed E-state index contributed by atoms with van der Waals surface area (Å²) < 4.78 is 2.22. The lowest BCUT2D eigenvalue weighted by atomic mass is 10.0. The fraction of sp³-hybridized carbons (Fsp3) is 0.150. The van der Waals surface area contributed by atoms with Crippen molar-refractivity contribution in [1.82, 2.24) is 4.57 Å². The summed E-state index contributed by atoms with van der Waals surface area (Å²) in [6.45, 7) is 3.04. The van der Waals surface area contributed by atoms with E-state index in [2.05, 4.69) is 35.9 Å². The number of rotatable bonds is 2. The molecule has 0 fully saturated rings. The number of aryl methyl sites for hydroxylation is 1. The Bertz CT molecular complexity index is 949. The molecule has 4 rings (SSSR count). The summed E-state index contributed by atoms with van der Waals surface area (Å²) in [5.41, 5.74) is 5.04. The van der Waals surface area contributed by atoms with Crippen LogP contribution in [0.2, 0.25) is 0 Å². The van der Waals surface area contributed by atoms with Crippen LogP contribution in [0.15, 0.2) is 54.7 Å². The van der Waals surface area contributed by atoms with Crippen molar-refractivity contribution in [1.29, 1.82) is 0 Å². The molecule has 3 heteroatoms. The number of benzene rings is 2. The molecule has 1 amide bonds. The molecule has 114 valence electrons. The van der Waals surface area contributed by atoms with Crippen LogP contribution in [0.1, 0.15) is 18.1 Å². The van der Waals surface area contributed by atoms with Crippen LogP contribution < -0.4 is 4.90 Å². The van der Waals surface area contributed by atoms with Crippen LogP contribution in [-0.4, -0.2) is 17.5 Å². The van der Waals surface area contributed by atoms with Crippen molar-refractivity contribution in [3.63, 3.8) is 0 Å². The highest BCUT2D eigenvalue weighted by atomic mass is 16.2. The second-order valence-electron chi connectivity index (χ2n) is 5.83. The molecule has 1 aromatic heterocycles. The molecule has 2 heterocycles. The summed E-state index contributed by atoms with van der Waals surface area (Å²) in [5.74, 6) is 0.0551. The van der Waals surface area contributed by atoms with Crippen LogP contribution in [0.3, 0.4) is 0 Å². The van der Waals surface area contributed by atoms with Gasteiger partial charge in [0.2, 0.25) is 0 Å². The minimum Gasteiger partial charge on any atom is -0.347 e. The molecule has 0 spiro atoms. The zero-order valence-electron chi connectivity index (χ0n) is 13.3. The first-order valence-electron chi connectivity index (χ1n) is 7.87. The van der Waals surface area contributed by atoms with Crippen molar-refractivity contribution >= 4 is 34.1 Å². The number of para-hydroxylation sites is 2. The average Bonchev–Trinajstić information content (AvgIpc) is 3.07. The van der Waals surface area contributed by atoms with Crippen LogP contribution in [0.5, 0.6) is 0 Å². The van der Waals surface area contributed by atoms with Crippen LogP contribution >= 0.6 is 0 Å². The van der Waals surface area contributed by atoms with Gasteiger partial charge in [0, 0.05) is 47.4 Å². The standard InChI is InChI=1S/C20H18N2O/c1-3-22-13-14(15-8-4-7-11-19(15)22)12-17-16-9-5-6-10-18(16)21(2)20(17)23/h4-13H,3H2,1-2H3. The highest BCUT2D eigenvalue weighted by molar-refractivity contribution is 6.36. The number of hydrogen-bond acceptors (Lipinski definition) is 1. The van der Waals surface area contributed by atoms with Gasteiger partial charge in [-0.3, -0.25) is 4.79 Å². The number of likely N-dealkylation sites (N-methyl/N-ethyl adjacent to an activating group) is 1. The number of hydrogen-bond donors (Lipinski definition) is 0. The summed E-state index contributed by atoms with van der Waals surface area (Å²) in [6, 6.07) is 16.3. The maximum Gasteiger partial charge on any atom is 0.258 e. The molecule has 23 heavy (non-hydrogen) atoms. The molecule has 1 aliphatic heterocycles. The third-order valence-electron chi connectivity index (χ3n) is 4.55. The van der Waals surface area contributed by atoms with Crippen molar-refractivity contribution in [3.05, 3.63) is 65.9 Å². The maximum absolute atomic E-state index is 12.6. The Kier molecular flexibility index (Phi) is 3.08. The Labute approximate surface area is 135 Å². The smallest absolute Gasteiger partial charge is 0.258 e. The lowest BCUT2D eigenvalue weighted by molar-refractivity contribution is -0.112. The number of aromatic nitrogens is 1. The van der Waals surface area contributed by atoms with E-state index in [9.17, 15) is 4.79 Å². The molecule has 0 bridgehead atoms. The van der Waals surface area contributed by atoms with E-state index in [4.69, 9.17) is 0 Å². The zero-order valence-corrected chi connectivity index (χ0v) is 13.3. The molecular formula is C20H18N2O. The Morgan fingerprint density at radius 1 is 1.04 bits per heavy atom. The van der Waals surface area contributed by atoms with Gasteiger partial charge in [-0.15, -0.1) is 0 Å². The average molecular weight is 302 g/mol. The number of carbonyl (C=O) groups is 1. The van der Waals surface area contributed by atoms with Gasteiger partial charge in [-0.25, -0.2) is 0 Å². The van der Waals surface area contributed by atoms with Gasteiger partial charge in [-0.05, 0) is 25.1 Å². The van der Waals surface area contributed by atoms with Crippen LogP contribution in [0, 0.1) is 0 Å². The Balaban J connectivity index is 1.94. The lowest BCUT2D eigenvalue weighted by Gasteiger charge is -2.07. The van der Waals surface area contributed by atoms with Crippen molar-refractivity contribution < 1.29 is 4.79 Å². The van der Waals surface area contributed by atoms with Gasteiger partial charge in [0.1, 0.15) is 0 Å². The highest BCUT2D eigenvalue weighted by Gasteiger charge is 2.29. The summed E-state index contributed by atoms with van der Waals surface area (Å²) in [7, 11) is 1.83. The number of amides is 1. The summed E-state index contributed by atoms with van der Waals surface area (Å²) >= 11 is 0. The van der Waals surface area contributed by atoms with Gasteiger partial charge in [0.15, 0.2) is 0 Å². The predicted molar refractivity (Wildman–Crippen MR) is 95.3 cm³/mol. The Hall–Kier alpha value is -2.81. The normalized spacial score (nSPS) is 15.7. The van der Waals surface area contributed by atoms with Crippen LogP contribution in [0.4, 0.5) is 5.69 Å². The largest absolute Gasteiger partial charge is 0.347 e. The van der Waals surface area contributed by atoms with Crippen molar-refractivity contribution in [2.45, 2.75) is 13.5 Å². The van der Waals surface area contributed by atoms with Crippen molar-refractivity contribution in [3.8, 4) is 0 Å². The number of anilines is 1. The van der Waals surface area contributed by atoms with E-state index in [0.717, 1.165) is 28.9 Å². The fourth-order valence-corrected chi connectivity index (χ4v) is 3.35. The second-order valence-corrected chi connectivity index (χ2v) is 5.83. The highest BCUT2D eigenvalue weighted by Crippen LogP contribution is 2.37. The van der Waals surface area contributed by atoms with Crippen LogP contribution in [-0.2, 0) is 11.3 Å². The molecule has 0 radical (unpaired) electrons. The number of fused-ring (bicyclic) bond motifs is 2. The molecule has 2 aromatic carbocycles. The molecule has 0 aliphatic carbocycles. The molecule has 3 nitrogen and oxygen atoms in total. The molecule has 0 atom stereocenters. The van der Waals surface area contributed by atoms with Gasteiger partial charge in [0.05, 0.1) is 5.69 Å². The van der Waals surface area contributed by atoms with E-state index in [1.165, 1.54) is 10.9 Å². The molecule has 0 saturated heterocycles. The van der Waals surface area contributed by atoms with Gasteiger partial charge < -0.3 is 9.47 Å². The Morgan fingerprint density at radius 2 is 1.78 bits per heavy atom. The van der Waals surface area contributed by atoms with Crippen molar-refractivity contribution in [2.24, 2.45) is 0 Å². The van der Waals surface area contributed by atoms with E-state index >= 15 is 0 Å². The van der Waals surface area contributed by atoms with E-state index in [1.807, 2.05) is 43.5 Å². The molecule has 0 N–H and O–H groups in total. The minimum atomic E-state index is 0.0551. The molecule has 0 unspecified atom stereocenters. The molecule has 0 saturated carbocycles. The first-order chi connectivity index (χ1) is 11.2. The first kappa shape index (κ1) is 13.8. The summed E-state index contributed by atoms with van der Waals surface area (Å²) in [5, 5.41) is 1.18. The third kappa shape index (κ3) is 2.00. The zero-order chi connectivity index (χ0) is 16.0. The van der Waals surface area contributed by atoms with Crippen molar-refractivity contribution in [2.75, 3.05) is 11.9 Å². The van der Waals surface area contributed by atoms with Gasteiger partial charge in [-0.2, -0.15) is 0 Å². The van der Waals surface area contributed by atoms with E-state index in [1.54, 1.807) is 4.90 Å². The second kappa shape index (κ2) is 5.13. The molecule has 3 aromatic rings. The fourth-order valence-electron chi connectivity index (χ4n) is 3.35. The third-order valence-corrected chi connectivity index (χ3v) is 4.55. The number of carbonyl (C=O) groups excluding carboxylic acids is 1. The molecule has 1 aliphatic rings. The Morgan fingerprint density at radius 3 is 2.61 bits per heavy atom. The SMILES string of the molecule is CCn1cc(C=C2C(=O)N(C)c3ccccc32)c2ccccc21. The van der Waals surface area contributed by atoms with E-state index in [0.29, 0.717) is 0 Å². The quantitative estimate of drug-likeness (QED) is 0.652. The van der Waals surface area contributed by atoms with Gasteiger partial charge in [-0.1, -0.05) is 36.4 Å². The topological polar surface area (TPSA) is 25.2 Å². The summed E-state index contributed by atoms with van der Waals surface area (Å²) in [6.07, 6.45) is 4.16. The van der Waals surface area contributed by atoms with E-state index < -0.39 is 0 Å². The summed E-state index contributed by atoms with van der Waals surface area (Å²) in [4.78, 5) is 14.4. The minimum absolute atomic E-state index is 0.0551. The monoisotopic (exact) mass is 302 g/mol. The lowest BCUT2D eigenvalue weighted by Crippen LogP contribution is -2.20. The van der Waals surface area contributed by atoms with Gasteiger partial charge >= 0.3 is 0 Å². The van der Waals surface area contributed by atoms with Crippen LogP contribution in [0.25, 0.3) is 22.6 Å². The van der Waals surface area contributed by atoms with E-state index in [-0.39, 0.29) is 5.91 Å². The molecular weight excluding hydrogens is 284 g/mol. The maximum atomic E-state index is 12.6. The number of nitrogens with zero attached hydrogens (tertiary/aromatic N) is 2. The van der Waals surface area contributed by atoms with Gasteiger partial charge in [0.25, 0.3) is 5.91 Å². The predicted octanol–water partition coefficient (Wildman–Crippen LogP) is 4.18.